The second-order valence-electron chi connectivity index (χ2n) is 17.9. The number of amides is 2. The zero-order valence-electron chi connectivity index (χ0n) is 38.7. The normalized spacial score (nSPS) is 16.8. The molecule has 2 aromatic heterocycles. The van der Waals surface area contributed by atoms with E-state index in [0.29, 0.717) is 71.8 Å². The van der Waals surface area contributed by atoms with Gasteiger partial charge in [0, 0.05) is 83.1 Å². The molecule has 0 saturated carbocycles. The number of nitrogens with zero attached hydrogens (tertiary/aromatic N) is 9. The highest BCUT2D eigenvalue weighted by Crippen LogP contribution is 2.40. The number of carbonyl (C=O) groups is 2. The van der Waals surface area contributed by atoms with Crippen LogP contribution in [0.1, 0.15) is 67.9 Å². The maximum atomic E-state index is 13.9. The number of piperazine rings is 1. The standard InChI is InChI=1S/C50H57N11O6/c1-7-67-44-24-35(16-17-39(44)52-49-51-27-41-46(53-49)56(5)40-11-9-8-10-36(40)48(65)57(41)6)58-20-18-33(19-21-58)47(64)60-23-22-59(31(4)28-60)29-32-12-14-34(15-13-32)61-45(54-55-50(61)66)38-25-37(30(2)3)42(62)26-43(38)63/h8-17,24-27,30-31,33,62-63H,7,18-23,28-29H2,1-6H3,(H,55,66)(H,51,52,53)/t31-/m1/s1. The van der Waals surface area contributed by atoms with Crippen molar-refractivity contribution in [2.75, 3.05) is 73.4 Å². The number of benzene rings is 4. The number of piperidine rings is 1. The first-order valence-corrected chi connectivity index (χ1v) is 22.9. The number of anilines is 6. The van der Waals surface area contributed by atoms with Crippen molar-refractivity contribution in [2.24, 2.45) is 5.92 Å². The molecule has 4 aromatic carbocycles. The lowest BCUT2D eigenvalue weighted by Crippen LogP contribution is -2.55. The average Bonchev–Trinajstić information content (AvgIpc) is 3.69. The number of hydrogen-bond acceptors (Lipinski definition) is 13. The Hall–Kier alpha value is -7.40. The molecule has 9 rings (SSSR count). The monoisotopic (exact) mass is 907 g/mol. The van der Waals surface area contributed by atoms with Crippen molar-refractivity contribution in [2.45, 2.75) is 59.0 Å². The Morgan fingerprint density at radius 2 is 1.63 bits per heavy atom. The second kappa shape index (κ2) is 18.5. The molecule has 0 spiro atoms. The van der Waals surface area contributed by atoms with Gasteiger partial charge in [-0.3, -0.25) is 14.5 Å². The lowest BCUT2D eigenvalue weighted by Gasteiger charge is -2.42. The minimum atomic E-state index is -0.441. The summed E-state index contributed by atoms with van der Waals surface area (Å²) in [6.07, 6.45) is 3.17. The first kappa shape index (κ1) is 44.8. The van der Waals surface area contributed by atoms with Gasteiger partial charge in [0.1, 0.15) is 22.9 Å². The van der Waals surface area contributed by atoms with Crippen LogP contribution in [0.3, 0.4) is 0 Å². The summed E-state index contributed by atoms with van der Waals surface area (Å²) in [6, 6.07) is 24.3. The molecular weight excluding hydrogens is 851 g/mol. The van der Waals surface area contributed by atoms with Gasteiger partial charge in [-0.2, -0.15) is 10.1 Å². The molecule has 3 aliphatic heterocycles. The molecule has 2 fully saturated rings. The molecule has 6 aromatic rings. The van der Waals surface area contributed by atoms with E-state index < -0.39 is 5.69 Å². The van der Waals surface area contributed by atoms with Gasteiger partial charge in [0.2, 0.25) is 11.9 Å². The number of carbonyl (C=O) groups excluding carboxylic acids is 2. The molecule has 3 aliphatic rings. The third kappa shape index (κ3) is 8.73. The number of aromatic amines is 1. The van der Waals surface area contributed by atoms with E-state index >= 15 is 0 Å². The molecule has 348 valence electrons. The summed E-state index contributed by atoms with van der Waals surface area (Å²) in [5.41, 5.74) is 5.90. The third-order valence-corrected chi connectivity index (χ3v) is 13.3. The Kier molecular flexibility index (Phi) is 12.3. The molecule has 2 saturated heterocycles. The molecule has 0 radical (unpaired) electrons. The van der Waals surface area contributed by atoms with Crippen molar-refractivity contribution >= 4 is 46.3 Å². The maximum absolute atomic E-state index is 13.9. The Morgan fingerprint density at radius 1 is 0.881 bits per heavy atom. The predicted molar refractivity (Wildman–Crippen MR) is 259 cm³/mol. The largest absolute Gasteiger partial charge is 0.508 e. The first-order chi connectivity index (χ1) is 32.3. The molecular formula is C50H57N11O6. The summed E-state index contributed by atoms with van der Waals surface area (Å²) in [7, 11) is 3.62. The van der Waals surface area contributed by atoms with E-state index in [0.717, 1.165) is 55.1 Å². The molecule has 17 heteroatoms. The van der Waals surface area contributed by atoms with Gasteiger partial charge < -0.3 is 39.9 Å². The Bertz CT molecular complexity index is 2870. The van der Waals surface area contributed by atoms with Gasteiger partial charge in [0.15, 0.2) is 11.6 Å². The summed E-state index contributed by atoms with van der Waals surface area (Å²) in [4.78, 5) is 59.8. The van der Waals surface area contributed by atoms with E-state index in [-0.39, 0.29) is 47.0 Å². The summed E-state index contributed by atoms with van der Waals surface area (Å²) >= 11 is 0. The minimum Gasteiger partial charge on any atom is -0.508 e. The summed E-state index contributed by atoms with van der Waals surface area (Å²) in [5.74, 6) is 1.74. The lowest BCUT2D eigenvalue weighted by molar-refractivity contribution is -0.139. The van der Waals surface area contributed by atoms with Crippen LogP contribution in [0.5, 0.6) is 17.2 Å². The van der Waals surface area contributed by atoms with E-state index in [2.05, 4.69) is 43.3 Å². The minimum absolute atomic E-state index is 0.00767. The van der Waals surface area contributed by atoms with Crippen molar-refractivity contribution in [1.82, 2.24) is 34.5 Å². The highest BCUT2D eigenvalue weighted by atomic mass is 16.5. The number of hydrogen-bond donors (Lipinski definition) is 4. The van der Waals surface area contributed by atoms with E-state index in [1.165, 1.54) is 10.6 Å². The van der Waals surface area contributed by atoms with Gasteiger partial charge in [-0.15, -0.1) is 0 Å². The molecule has 0 aliphatic carbocycles. The van der Waals surface area contributed by atoms with Crippen molar-refractivity contribution in [3.05, 3.63) is 112 Å². The smallest absolute Gasteiger partial charge is 0.348 e. The molecule has 0 bridgehead atoms. The van der Waals surface area contributed by atoms with Gasteiger partial charge in [-0.05, 0) is 86.2 Å². The highest BCUT2D eigenvalue weighted by molar-refractivity contribution is 6.13. The SMILES string of the molecule is CCOc1cc(N2CCC(C(=O)N3CCN(Cc4ccc(-n5c(-c6cc(C(C)C)c(O)cc6O)n[nH]c5=O)cc4)[C@H](C)C3)CC2)ccc1Nc1ncc2c(n1)N(C)c1ccccc1C(=O)N2C. The van der Waals surface area contributed by atoms with Crippen molar-refractivity contribution in [1.29, 1.82) is 0 Å². The quantitative estimate of drug-likeness (QED) is 0.104. The van der Waals surface area contributed by atoms with Gasteiger partial charge in [0.05, 0.1) is 41.0 Å². The number of phenolic OH excluding ortho intramolecular Hbond substituents is 2. The van der Waals surface area contributed by atoms with Crippen molar-refractivity contribution < 1.29 is 24.5 Å². The number of aromatic hydroxyl groups is 2. The van der Waals surface area contributed by atoms with Crippen LogP contribution in [0.2, 0.25) is 0 Å². The number of nitrogens with one attached hydrogen (secondary N) is 2. The van der Waals surface area contributed by atoms with E-state index in [4.69, 9.17) is 9.72 Å². The van der Waals surface area contributed by atoms with E-state index in [1.54, 1.807) is 24.2 Å². The van der Waals surface area contributed by atoms with Crippen LogP contribution in [0.4, 0.5) is 34.5 Å². The van der Waals surface area contributed by atoms with E-state index in [1.807, 2.05) is 98.3 Å². The highest BCUT2D eigenvalue weighted by Gasteiger charge is 2.34. The molecule has 4 N–H and O–H groups in total. The number of ether oxygens (including phenoxy) is 1. The molecule has 67 heavy (non-hydrogen) atoms. The topological polar surface area (TPSA) is 189 Å². The van der Waals surface area contributed by atoms with Crippen LogP contribution in [-0.4, -0.2) is 116 Å². The zero-order chi connectivity index (χ0) is 47.1. The Labute approximate surface area is 389 Å². The van der Waals surface area contributed by atoms with Crippen LogP contribution in [0, 0.1) is 5.92 Å². The Balaban J connectivity index is 0.799. The molecule has 17 nitrogen and oxygen atoms in total. The fourth-order valence-corrected chi connectivity index (χ4v) is 9.48. The number of para-hydroxylation sites is 1. The molecule has 2 amide bonds. The van der Waals surface area contributed by atoms with Crippen LogP contribution >= 0.6 is 0 Å². The van der Waals surface area contributed by atoms with Crippen LogP contribution in [0.25, 0.3) is 17.1 Å². The Morgan fingerprint density at radius 3 is 2.36 bits per heavy atom. The third-order valence-electron chi connectivity index (χ3n) is 13.3. The summed E-state index contributed by atoms with van der Waals surface area (Å²) in [5, 5.41) is 31.2. The van der Waals surface area contributed by atoms with Gasteiger partial charge >= 0.3 is 5.69 Å². The summed E-state index contributed by atoms with van der Waals surface area (Å²) in [6.45, 7) is 12.7. The number of fused-ring (bicyclic) bond motifs is 2. The fraction of sp³-hybridized carbons (Fsp3) is 0.360. The zero-order valence-corrected chi connectivity index (χ0v) is 38.7. The van der Waals surface area contributed by atoms with Crippen LogP contribution < -0.4 is 30.4 Å². The van der Waals surface area contributed by atoms with Crippen molar-refractivity contribution in [3.63, 3.8) is 0 Å². The van der Waals surface area contributed by atoms with E-state index in [9.17, 15) is 24.6 Å². The fourth-order valence-electron chi connectivity index (χ4n) is 9.48. The lowest BCUT2D eigenvalue weighted by atomic mass is 9.94. The summed E-state index contributed by atoms with van der Waals surface area (Å²) < 4.78 is 7.54. The molecule has 1 atom stereocenters. The number of aromatic nitrogens is 5. The van der Waals surface area contributed by atoms with Crippen molar-refractivity contribution in [3.8, 4) is 34.3 Å². The number of phenols is 2. The predicted octanol–water partition coefficient (Wildman–Crippen LogP) is 7.00. The van der Waals surface area contributed by atoms with Gasteiger partial charge in [-0.1, -0.05) is 38.1 Å². The number of rotatable bonds is 11. The second-order valence-corrected chi connectivity index (χ2v) is 17.9. The van der Waals surface area contributed by atoms with Gasteiger partial charge in [0.25, 0.3) is 5.91 Å². The van der Waals surface area contributed by atoms with Gasteiger partial charge in [-0.25, -0.2) is 19.4 Å². The van der Waals surface area contributed by atoms with Crippen LogP contribution in [-0.2, 0) is 11.3 Å². The van der Waals surface area contributed by atoms with Crippen LogP contribution in [0.15, 0.2) is 89.9 Å². The molecule has 5 heterocycles. The molecule has 0 unspecified atom stereocenters. The first-order valence-electron chi connectivity index (χ1n) is 22.9. The number of H-pyrrole nitrogens is 1. The average molecular weight is 908 g/mol. The maximum Gasteiger partial charge on any atom is 0.348 e.